The predicted molar refractivity (Wildman–Crippen MR) is 74.9 cm³/mol. The Morgan fingerprint density at radius 2 is 1.83 bits per heavy atom. The van der Waals surface area contributed by atoms with Crippen LogP contribution in [-0.4, -0.2) is 0 Å². The summed E-state index contributed by atoms with van der Waals surface area (Å²) < 4.78 is 0. The van der Waals surface area contributed by atoms with Crippen molar-refractivity contribution >= 4 is 28.9 Å². The van der Waals surface area contributed by atoms with Gasteiger partial charge in [-0.15, -0.1) is 0 Å². The minimum Gasteiger partial charge on any atom is -0.380 e. The summed E-state index contributed by atoms with van der Waals surface area (Å²) in [6, 6.07) is 14.8. The molecule has 0 aliphatic heterocycles. The van der Waals surface area contributed by atoms with Crippen molar-refractivity contribution in [1.29, 1.82) is 5.26 Å². The SMILES string of the molecule is N#Cc1ccc(Cl)c(NCc2ccccc2Cl)c1. The van der Waals surface area contributed by atoms with Crippen molar-refractivity contribution in [3.8, 4) is 6.07 Å². The molecule has 0 saturated carbocycles. The van der Waals surface area contributed by atoms with Crippen LogP contribution in [0.15, 0.2) is 42.5 Å². The van der Waals surface area contributed by atoms with Gasteiger partial charge in [-0.3, -0.25) is 0 Å². The van der Waals surface area contributed by atoms with Gasteiger partial charge < -0.3 is 5.32 Å². The number of nitriles is 1. The summed E-state index contributed by atoms with van der Waals surface area (Å²) in [5, 5.41) is 13.3. The van der Waals surface area contributed by atoms with Gasteiger partial charge in [0.25, 0.3) is 0 Å². The quantitative estimate of drug-likeness (QED) is 0.898. The number of benzene rings is 2. The van der Waals surface area contributed by atoms with Crippen LogP contribution in [0.2, 0.25) is 10.0 Å². The third-order valence-corrected chi connectivity index (χ3v) is 3.22. The van der Waals surface area contributed by atoms with Crippen LogP contribution in [0.4, 0.5) is 5.69 Å². The third kappa shape index (κ3) is 2.95. The maximum absolute atomic E-state index is 8.84. The first-order chi connectivity index (χ1) is 8.70. The van der Waals surface area contributed by atoms with Crippen molar-refractivity contribution in [2.24, 2.45) is 0 Å². The average molecular weight is 277 g/mol. The maximum Gasteiger partial charge on any atom is 0.0992 e. The summed E-state index contributed by atoms with van der Waals surface area (Å²) in [5.74, 6) is 0. The number of nitrogens with one attached hydrogen (secondary N) is 1. The lowest BCUT2D eigenvalue weighted by Gasteiger charge is -2.09. The minimum absolute atomic E-state index is 0.564. The highest BCUT2D eigenvalue weighted by molar-refractivity contribution is 6.33. The maximum atomic E-state index is 8.84. The molecule has 0 aromatic heterocycles. The lowest BCUT2D eigenvalue weighted by Crippen LogP contribution is -2.00. The van der Waals surface area contributed by atoms with E-state index in [9.17, 15) is 0 Å². The van der Waals surface area contributed by atoms with Crippen LogP contribution in [0.1, 0.15) is 11.1 Å². The van der Waals surface area contributed by atoms with Crippen LogP contribution >= 0.6 is 23.2 Å². The number of halogens is 2. The lowest BCUT2D eigenvalue weighted by atomic mass is 10.2. The Balaban J connectivity index is 2.16. The van der Waals surface area contributed by atoms with Crippen LogP contribution in [0.25, 0.3) is 0 Å². The van der Waals surface area contributed by atoms with Gasteiger partial charge in [0, 0.05) is 11.6 Å². The van der Waals surface area contributed by atoms with E-state index in [4.69, 9.17) is 28.5 Å². The summed E-state index contributed by atoms with van der Waals surface area (Å²) in [4.78, 5) is 0. The zero-order chi connectivity index (χ0) is 13.0. The Labute approximate surface area is 116 Å². The number of rotatable bonds is 3. The highest BCUT2D eigenvalue weighted by atomic mass is 35.5. The van der Waals surface area contributed by atoms with E-state index in [2.05, 4.69) is 11.4 Å². The Morgan fingerprint density at radius 1 is 1.06 bits per heavy atom. The summed E-state index contributed by atoms with van der Waals surface area (Å²) in [5.41, 5.74) is 2.29. The molecule has 0 saturated heterocycles. The highest BCUT2D eigenvalue weighted by Crippen LogP contribution is 2.24. The fourth-order valence-electron chi connectivity index (χ4n) is 1.56. The van der Waals surface area contributed by atoms with Crippen LogP contribution in [0, 0.1) is 11.3 Å². The molecular formula is C14H10Cl2N2. The van der Waals surface area contributed by atoms with E-state index in [1.165, 1.54) is 0 Å². The van der Waals surface area contributed by atoms with E-state index in [1.807, 2.05) is 24.3 Å². The molecule has 0 fully saturated rings. The van der Waals surface area contributed by atoms with Crippen molar-refractivity contribution in [3.63, 3.8) is 0 Å². The molecule has 2 aromatic carbocycles. The molecule has 4 heteroatoms. The molecule has 0 aliphatic carbocycles. The van der Waals surface area contributed by atoms with E-state index >= 15 is 0 Å². The second-order valence-corrected chi connectivity index (χ2v) is 4.57. The van der Waals surface area contributed by atoms with Gasteiger partial charge in [-0.05, 0) is 29.8 Å². The van der Waals surface area contributed by atoms with Crippen molar-refractivity contribution in [3.05, 3.63) is 63.6 Å². The number of hydrogen-bond donors (Lipinski definition) is 1. The van der Waals surface area contributed by atoms with Gasteiger partial charge in [-0.2, -0.15) is 5.26 Å². The van der Waals surface area contributed by atoms with Crippen LogP contribution in [0.5, 0.6) is 0 Å². The van der Waals surface area contributed by atoms with Gasteiger partial charge >= 0.3 is 0 Å². The molecule has 0 unspecified atom stereocenters. The third-order valence-electron chi connectivity index (χ3n) is 2.52. The lowest BCUT2D eigenvalue weighted by molar-refractivity contribution is 1.15. The first-order valence-electron chi connectivity index (χ1n) is 5.37. The first kappa shape index (κ1) is 12.8. The van der Waals surface area contributed by atoms with Gasteiger partial charge in [0.05, 0.1) is 22.3 Å². The molecule has 0 heterocycles. The molecule has 2 rings (SSSR count). The molecule has 1 N–H and O–H groups in total. The van der Waals surface area contributed by atoms with Crippen molar-refractivity contribution in [2.45, 2.75) is 6.54 Å². The Hall–Kier alpha value is -1.69. The van der Waals surface area contributed by atoms with Gasteiger partial charge in [0.15, 0.2) is 0 Å². The summed E-state index contributed by atoms with van der Waals surface area (Å²) in [7, 11) is 0. The molecule has 18 heavy (non-hydrogen) atoms. The van der Waals surface area contributed by atoms with E-state index in [1.54, 1.807) is 18.2 Å². The van der Waals surface area contributed by atoms with Gasteiger partial charge in [0.1, 0.15) is 0 Å². The predicted octanol–water partition coefficient (Wildman–Crippen LogP) is 4.48. The molecular weight excluding hydrogens is 267 g/mol. The second kappa shape index (κ2) is 5.77. The van der Waals surface area contributed by atoms with Crippen molar-refractivity contribution in [2.75, 3.05) is 5.32 Å². The summed E-state index contributed by atoms with van der Waals surface area (Å²) in [6.45, 7) is 0.564. The smallest absolute Gasteiger partial charge is 0.0992 e. The van der Waals surface area contributed by atoms with Gasteiger partial charge in [-0.25, -0.2) is 0 Å². The van der Waals surface area contributed by atoms with E-state index in [0.717, 1.165) is 11.3 Å². The fraction of sp³-hybridized carbons (Fsp3) is 0.0714. The Bertz CT molecular complexity index is 603. The monoisotopic (exact) mass is 276 g/mol. The Morgan fingerprint density at radius 3 is 2.56 bits per heavy atom. The number of anilines is 1. The van der Waals surface area contributed by atoms with Crippen LogP contribution in [0.3, 0.4) is 0 Å². The molecule has 0 amide bonds. The molecule has 2 aromatic rings. The first-order valence-corrected chi connectivity index (χ1v) is 6.13. The molecule has 0 spiro atoms. The summed E-state index contributed by atoms with van der Waals surface area (Å²) >= 11 is 12.1. The van der Waals surface area contributed by atoms with Gasteiger partial charge in [-0.1, -0.05) is 41.4 Å². The molecule has 90 valence electrons. The van der Waals surface area contributed by atoms with E-state index < -0.39 is 0 Å². The van der Waals surface area contributed by atoms with E-state index in [0.29, 0.717) is 22.2 Å². The standard InChI is InChI=1S/C14H10Cl2N2/c15-12-4-2-1-3-11(12)9-18-14-7-10(8-17)5-6-13(14)16/h1-7,18H,9H2. The zero-order valence-corrected chi connectivity index (χ0v) is 11.0. The Kier molecular flexibility index (Phi) is 4.09. The normalized spacial score (nSPS) is 9.83. The molecule has 0 bridgehead atoms. The number of nitrogens with zero attached hydrogens (tertiary/aromatic N) is 1. The van der Waals surface area contributed by atoms with Crippen molar-refractivity contribution in [1.82, 2.24) is 0 Å². The second-order valence-electron chi connectivity index (χ2n) is 3.75. The zero-order valence-electron chi connectivity index (χ0n) is 9.45. The minimum atomic E-state index is 0.564. The molecule has 0 aliphatic rings. The largest absolute Gasteiger partial charge is 0.380 e. The molecule has 0 radical (unpaired) electrons. The topological polar surface area (TPSA) is 35.8 Å². The molecule has 2 nitrogen and oxygen atoms in total. The summed E-state index contributed by atoms with van der Waals surface area (Å²) in [6.07, 6.45) is 0. The van der Waals surface area contributed by atoms with E-state index in [-0.39, 0.29) is 0 Å². The van der Waals surface area contributed by atoms with Crippen molar-refractivity contribution < 1.29 is 0 Å². The van der Waals surface area contributed by atoms with Crippen LogP contribution < -0.4 is 5.32 Å². The number of hydrogen-bond acceptors (Lipinski definition) is 2. The van der Waals surface area contributed by atoms with Gasteiger partial charge in [0.2, 0.25) is 0 Å². The molecule has 0 atom stereocenters. The van der Waals surface area contributed by atoms with Crippen LogP contribution in [-0.2, 0) is 6.54 Å². The average Bonchev–Trinajstić information content (AvgIpc) is 2.39. The fourth-order valence-corrected chi connectivity index (χ4v) is 1.95. The highest BCUT2D eigenvalue weighted by Gasteiger charge is 2.03.